The molecular weight excluding hydrogens is 644 g/mol. The molecule has 2 aromatic carbocycles. The summed E-state index contributed by atoms with van der Waals surface area (Å²) in [7, 11) is -1.17. The van der Waals surface area contributed by atoms with Gasteiger partial charge in [0, 0.05) is 47.9 Å². The highest BCUT2D eigenvalue weighted by atomic mass is 35.5. The first-order valence-corrected chi connectivity index (χ1v) is 20.0. The maximum atomic E-state index is 13.9. The number of rotatable bonds is 4. The second-order valence-corrected chi connectivity index (χ2v) is 18.3. The maximum Gasteiger partial charge on any atom is 0.262 e. The lowest BCUT2D eigenvalue weighted by Crippen LogP contribution is -2.54. The van der Waals surface area contributed by atoms with E-state index in [9.17, 15) is 14.1 Å². The van der Waals surface area contributed by atoms with Crippen molar-refractivity contribution in [3.05, 3.63) is 70.3 Å². The van der Waals surface area contributed by atoms with Gasteiger partial charge in [0.25, 0.3) is 5.91 Å². The number of fused-ring (bicyclic) bond motifs is 4. The molecule has 0 saturated heterocycles. The molecule has 2 fully saturated rings. The monoisotopic (exact) mass is 694 g/mol. The molecule has 9 heteroatoms. The molecule has 1 unspecified atom stereocenters. The van der Waals surface area contributed by atoms with E-state index < -0.39 is 21.4 Å². The third-order valence-electron chi connectivity index (χ3n) is 12.4. The van der Waals surface area contributed by atoms with Gasteiger partial charge in [0.1, 0.15) is 5.75 Å². The molecule has 1 spiro atoms. The second-order valence-electron chi connectivity index (χ2n) is 15.5. The van der Waals surface area contributed by atoms with E-state index in [0.717, 1.165) is 74.5 Å². The van der Waals surface area contributed by atoms with Crippen LogP contribution < -0.4 is 14.4 Å². The highest BCUT2D eigenvalue weighted by molar-refractivity contribution is 7.99. The molecule has 2 aromatic rings. The number of carbonyl (C=O) groups is 1. The summed E-state index contributed by atoms with van der Waals surface area (Å²) in [5.74, 6) is 5.27. The Hall–Kier alpha value is -2.52. The van der Waals surface area contributed by atoms with Crippen LogP contribution >= 0.6 is 11.6 Å². The average Bonchev–Trinajstić information content (AvgIpc) is 3.91. The number of halogens is 1. The van der Waals surface area contributed by atoms with Crippen molar-refractivity contribution in [3.8, 4) is 5.75 Å². The van der Waals surface area contributed by atoms with Crippen LogP contribution in [0, 0.1) is 23.7 Å². The highest BCUT2D eigenvalue weighted by Gasteiger charge is 2.51. The van der Waals surface area contributed by atoms with Crippen LogP contribution in [0.15, 0.2) is 48.6 Å². The van der Waals surface area contributed by atoms with E-state index in [1.807, 2.05) is 25.1 Å². The number of anilines is 1. The predicted octanol–water partition coefficient (Wildman–Crippen LogP) is 6.73. The quantitative estimate of drug-likeness (QED) is 0.273. The van der Waals surface area contributed by atoms with Gasteiger partial charge in [-0.3, -0.25) is 9.52 Å². The lowest BCUT2D eigenvalue weighted by molar-refractivity contribution is -0.100. The van der Waals surface area contributed by atoms with E-state index >= 15 is 0 Å². The fraction of sp³-hybridized carbons (Fsp3) is 0.590. The van der Waals surface area contributed by atoms with Crippen molar-refractivity contribution in [2.75, 3.05) is 31.7 Å². The summed E-state index contributed by atoms with van der Waals surface area (Å²) in [4.78, 5) is 16.1. The summed E-state index contributed by atoms with van der Waals surface area (Å²) in [5, 5.41) is 11.7. The Morgan fingerprint density at radius 1 is 1.19 bits per heavy atom. The Labute approximate surface area is 291 Å². The summed E-state index contributed by atoms with van der Waals surface area (Å²) in [5.41, 5.74) is 3.05. The predicted molar refractivity (Wildman–Crippen MR) is 195 cm³/mol. The largest absolute Gasteiger partial charge is 0.490 e. The zero-order chi connectivity index (χ0) is 33.8. The van der Waals surface area contributed by atoms with Crippen molar-refractivity contribution in [2.24, 2.45) is 23.7 Å². The fourth-order valence-electron chi connectivity index (χ4n) is 8.95. The number of carbonyl (C=O) groups excluding carboxylic acids is 1. The molecule has 48 heavy (non-hydrogen) atoms. The van der Waals surface area contributed by atoms with Gasteiger partial charge in [-0.25, -0.2) is 4.21 Å². The van der Waals surface area contributed by atoms with Gasteiger partial charge in [-0.2, -0.15) is 0 Å². The molecule has 3 aliphatic carbocycles. The molecule has 260 valence electrons. The van der Waals surface area contributed by atoms with Crippen molar-refractivity contribution in [3.63, 3.8) is 0 Å². The van der Waals surface area contributed by atoms with Gasteiger partial charge in [-0.05, 0) is 129 Å². The number of allylic oxidation sites excluding steroid dienone is 1. The molecule has 1 amide bonds. The minimum atomic E-state index is -2.96. The second kappa shape index (κ2) is 13.0. The molecule has 8 atom stereocenters. The number of hydrogen-bond acceptors (Lipinski definition) is 6. The topological polar surface area (TPSA) is 88.1 Å². The number of hydrogen-bond donors (Lipinski definition) is 2. The van der Waals surface area contributed by atoms with Gasteiger partial charge in [-0.1, -0.05) is 36.7 Å². The summed E-state index contributed by atoms with van der Waals surface area (Å²) in [6.07, 6.45) is 12.4. The standard InChI is InChI=1S/C39H51ClN2O5S/c1-25-7-5-18-39(46-3,21-35(43)27-9-10-27)33-14-11-30(33)22-42-23-38(17-6-8-28-19-31(40)13-15-32(28)38)24-47-36-16-12-29(20-34(36)42)37(44)41-48(4,45)26(25)2/h5,12-13,15-16,18-20,25-27,30,33,35,43H,4,6-11,14,17,21-24H2,1-3H3,(H,41,44,45)/b18-5+/t25-,26+,30-,33+,35+,38-,39+,48?/m0/s1. The molecule has 2 N–H and O–H groups in total. The highest BCUT2D eigenvalue weighted by Crippen LogP contribution is 2.51. The summed E-state index contributed by atoms with van der Waals surface area (Å²) < 4.78 is 29.9. The van der Waals surface area contributed by atoms with E-state index in [4.69, 9.17) is 21.1 Å². The van der Waals surface area contributed by atoms with E-state index in [-0.39, 0.29) is 28.4 Å². The minimum Gasteiger partial charge on any atom is -0.490 e. The normalized spacial score (nSPS) is 36.4. The Kier molecular flexibility index (Phi) is 9.18. The van der Waals surface area contributed by atoms with Crippen LogP contribution in [0.4, 0.5) is 5.69 Å². The SMILES string of the molecule is C=S1(=O)NC(=O)c2ccc3c(c2)N(C[C@@H]2CC[C@H]2[C@@](C[C@@H](O)C2CC2)(OC)/C=C/C[C@H](C)[C@H]1C)C[C@@]1(CCCc2cc(Cl)ccc21)CO3. The number of ether oxygens (including phenoxy) is 2. The van der Waals surface area contributed by atoms with E-state index in [1.54, 1.807) is 13.2 Å². The number of aryl methyl sites for hydroxylation is 1. The van der Waals surface area contributed by atoms with Crippen LogP contribution in [0.1, 0.15) is 86.7 Å². The van der Waals surface area contributed by atoms with E-state index in [1.165, 1.54) is 11.1 Å². The smallest absolute Gasteiger partial charge is 0.262 e. The Balaban J connectivity index is 1.32. The molecule has 7 nitrogen and oxygen atoms in total. The lowest BCUT2D eigenvalue weighted by Gasteiger charge is -2.51. The molecule has 2 heterocycles. The van der Waals surface area contributed by atoms with Crippen molar-refractivity contribution in [2.45, 2.75) is 94.0 Å². The number of nitrogens with zero attached hydrogens (tertiary/aromatic N) is 1. The number of methoxy groups -OCH3 is 1. The van der Waals surface area contributed by atoms with Gasteiger partial charge in [0.05, 0.1) is 33.7 Å². The molecular formula is C39H51ClN2O5S. The molecule has 0 radical (unpaired) electrons. The van der Waals surface area contributed by atoms with Crippen LogP contribution in [-0.4, -0.2) is 64.9 Å². The van der Waals surface area contributed by atoms with Crippen LogP contribution in [0.3, 0.4) is 0 Å². The van der Waals surface area contributed by atoms with E-state index in [0.29, 0.717) is 36.8 Å². The first-order chi connectivity index (χ1) is 22.9. The Bertz CT molecular complexity index is 1690. The van der Waals surface area contributed by atoms with Gasteiger partial charge in [0.15, 0.2) is 0 Å². The number of aliphatic hydroxyl groups is 1. The molecule has 2 bridgehead atoms. The van der Waals surface area contributed by atoms with Gasteiger partial charge < -0.3 is 19.5 Å². The molecule has 5 aliphatic rings. The number of aliphatic hydroxyl groups excluding tert-OH is 1. The van der Waals surface area contributed by atoms with Gasteiger partial charge in [-0.15, -0.1) is 0 Å². The van der Waals surface area contributed by atoms with Crippen molar-refractivity contribution >= 4 is 38.8 Å². The van der Waals surface area contributed by atoms with Crippen molar-refractivity contribution in [1.29, 1.82) is 0 Å². The molecule has 0 aromatic heterocycles. The molecule has 7 rings (SSSR count). The van der Waals surface area contributed by atoms with Crippen LogP contribution in [0.25, 0.3) is 0 Å². The number of nitrogens with one attached hydrogen (secondary N) is 1. The Morgan fingerprint density at radius 2 is 2.00 bits per heavy atom. The third kappa shape index (κ3) is 6.31. The van der Waals surface area contributed by atoms with Gasteiger partial charge >= 0.3 is 0 Å². The van der Waals surface area contributed by atoms with E-state index in [2.05, 4.69) is 46.7 Å². The number of benzene rings is 2. The zero-order valence-corrected chi connectivity index (χ0v) is 30.2. The first-order valence-electron chi connectivity index (χ1n) is 17.8. The third-order valence-corrected chi connectivity index (χ3v) is 14.9. The van der Waals surface area contributed by atoms with Crippen molar-refractivity contribution < 1.29 is 23.6 Å². The lowest BCUT2D eigenvalue weighted by atomic mass is 9.62. The van der Waals surface area contributed by atoms with Crippen LogP contribution in [0.2, 0.25) is 5.02 Å². The summed E-state index contributed by atoms with van der Waals surface area (Å²) in [6.45, 7) is 6.00. The average molecular weight is 695 g/mol. The molecule has 2 aliphatic heterocycles. The van der Waals surface area contributed by atoms with Crippen molar-refractivity contribution in [1.82, 2.24) is 4.72 Å². The minimum absolute atomic E-state index is 0.0000614. The number of amides is 1. The fourth-order valence-corrected chi connectivity index (χ4v) is 10.6. The first kappa shape index (κ1) is 34.0. The molecule has 2 saturated carbocycles. The Morgan fingerprint density at radius 3 is 2.73 bits per heavy atom. The summed E-state index contributed by atoms with van der Waals surface area (Å²) >= 11 is 6.48. The zero-order valence-electron chi connectivity index (χ0n) is 28.6. The summed E-state index contributed by atoms with van der Waals surface area (Å²) in [6, 6.07) is 11.9. The van der Waals surface area contributed by atoms with Gasteiger partial charge in [0.2, 0.25) is 0 Å². The maximum absolute atomic E-state index is 13.9. The van der Waals surface area contributed by atoms with Crippen LogP contribution in [-0.2, 0) is 26.3 Å². The van der Waals surface area contributed by atoms with Crippen LogP contribution in [0.5, 0.6) is 5.75 Å².